The van der Waals surface area contributed by atoms with E-state index in [1.165, 1.54) is 4.90 Å². The van der Waals surface area contributed by atoms with Gasteiger partial charge in [0.05, 0.1) is 11.6 Å². The number of nitrogens with one attached hydrogen (secondary N) is 2. The van der Waals surface area contributed by atoms with Crippen molar-refractivity contribution in [2.24, 2.45) is 5.73 Å². The van der Waals surface area contributed by atoms with E-state index in [0.717, 1.165) is 53.7 Å². The molecule has 1 unspecified atom stereocenters. The van der Waals surface area contributed by atoms with Gasteiger partial charge in [0.25, 0.3) is 0 Å². The number of aromatic nitrogens is 1. The first-order valence-corrected chi connectivity index (χ1v) is 10.4. The molecular formula is C22H30N4S. The summed E-state index contributed by atoms with van der Waals surface area (Å²) in [4.78, 5) is 5.66. The summed E-state index contributed by atoms with van der Waals surface area (Å²) in [7, 11) is 0. The molecule has 27 heavy (non-hydrogen) atoms. The molecule has 0 saturated carbocycles. The van der Waals surface area contributed by atoms with E-state index < -0.39 is 0 Å². The Labute approximate surface area is 167 Å². The van der Waals surface area contributed by atoms with E-state index >= 15 is 0 Å². The molecule has 0 radical (unpaired) electrons. The van der Waals surface area contributed by atoms with Crippen LogP contribution in [0.3, 0.4) is 0 Å². The number of hydrogen-bond acceptors (Lipinski definition) is 5. The molecule has 144 valence electrons. The first kappa shape index (κ1) is 20.9. The molecule has 0 saturated heterocycles. The highest BCUT2D eigenvalue weighted by molar-refractivity contribution is 7.98. The van der Waals surface area contributed by atoms with E-state index in [1.54, 1.807) is 11.8 Å². The third-order valence-electron chi connectivity index (χ3n) is 4.36. The van der Waals surface area contributed by atoms with E-state index in [0.29, 0.717) is 5.70 Å². The molecule has 0 aliphatic carbocycles. The number of nitrogens with zero attached hydrogens (tertiary/aromatic N) is 1. The topological polar surface area (TPSA) is 63.0 Å². The number of thioether (sulfide) groups is 1. The van der Waals surface area contributed by atoms with Crippen molar-refractivity contribution in [3.05, 3.63) is 67.2 Å². The Morgan fingerprint density at radius 2 is 2.04 bits per heavy atom. The number of benzene rings is 1. The normalized spacial score (nSPS) is 11.8. The van der Waals surface area contributed by atoms with Gasteiger partial charge < -0.3 is 16.4 Å². The van der Waals surface area contributed by atoms with Crippen molar-refractivity contribution in [3.63, 3.8) is 0 Å². The Balaban J connectivity index is 1.88. The molecule has 0 aliphatic heterocycles. The van der Waals surface area contributed by atoms with Crippen LogP contribution >= 0.6 is 11.8 Å². The summed E-state index contributed by atoms with van der Waals surface area (Å²) >= 11 is 1.71. The molecule has 1 aromatic carbocycles. The number of allylic oxidation sites excluding steroid dienone is 1. The minimum Gasteiger partial charge on any atom is -0.401 e. The Kier molecular flexibility index (Phi) is 7.80. The summed E-state index contributed by atoms with van der Waals surface area (Å²) in [6.45, 7) is 14.7. The second-order valence-corrected chi connectivity index (χ2v) is 7.55. The summed E-state index contributed by atoms with van der Waals surface area (Å²) in [5, 5.41) is 7.85. The van der Waals surface area contributed by atoms with Crippen molar-refractivity contribution < 1.29 is 0 Å². The van der Waals surface area contributed by atoms with Crippen LogP contribution in [-0.4, -0.2) is 23.8 Å². The fraction of sp³-hybridized carbons (Fsp3) is 0.318. The van der Waals surface area contributed by atoms with Gasteiger partial charge in [-0.05, 0) is 56.2 Å². The highest BCUT2D eigenvalue weighted by Gasteiger charge is 2.09. The molecule has 0 fully saturated rings. The van der Waals surface area contributed by atoms with Gasteiger partial charge in [0.2, 0.25) is 0 Å². The highest BCUT2D eigenvalue weighted by Crippen LogP contribution is 2.28. The van der Waals surface area contributed by atoms with Gasteiger partial charge in [0.1, 0.15) is 0 Å². The fourth-order valence-electron chi connectivity index (χ4n) is 2.95. The largest absolute Gasteiger partial charge is 0.401 e. The Hall–Kier alpha value is -2.40. The molecule has 0 aliphatic rings. The first-order valence-electron chi connectivity index (χ1n) is 9.14. The minimum atomic E-state index is 0.0860. The van der Waals surface area contributed by atoms with Crippen molar-refractivity contribution in [3.8, 4) is 0 Å². The predicted octanol–water partition coefficient (Wildman–Crippen LogP) is 4.65. The van der Waals surface area contributed by atoms with Gasteiger partial charge in [-0.3, -0.25) is 4.98 Å². The summed E-state index contributed by atoms with van der Waals surface area (Å²) in [6, 6.07) is 8.44. The number of rotatable bonds is 11. The van der Waals surface area contributed by atoms with Crippen molar-refractivity contribution in [1.29, 1.82) is 0 Å². The maximum atomic E-state index is 5.86. The number of nitrogens with two attached hydrogens (primary N) is 1. The lowest BCUT2D eigenvalue weighted by Gasteiger charge is -2.19. The Morgan fingerprint density at radius 1 is 1.26 bits per heavy atom. The maximum absolute atomic E-state index is 5.86. The number of pyridine rings is 1. The standard InChI is InChI=1S/C22H30N4S/c1-15(2)26-20(16(3)23)10-6-7-11-24-17(4)19-13-18-9-8-12-25-22(18)21(14-19)27-5/h8-9,12-14,20,24,26H,1,3-4,6-7,10-11,23H2,2,5H3. The van der Waals surface area contributed by atoms with E-state index in [2.05, 4.69) is 59.8 Å². The van der Waals surface area contributed by atoms with Crippen LogP contribution in [0.2, 0.25) is 0 Å². The molecule has 0 spiro atoms. The molecule has 1 atom stereocenters. The molecule has 5 heteroatoms. The van der Waals surface area contributed by atoms with Gasteiger partial charge in [0.15, 0.2) is 0 Å². The average molecular weight is 383 g/mol. The van der Waals surface area contributed by atoms with E-state index in [1.807, 2.05) is 19.2 Å². The van der Waals surface area contributed by atoms with Gasteiger partial charge in [-0.25, -0.2) is 0 Å². The van der Waals surface area contributed by atoms with Gasteiger partial charge in [-0.2, -0.15) is 0 Å². The summed E-state index contributed by atoms with van der Waals surface area (Å²) in [5.74, 6) is 0. The monoisotopic (exact) mass is 382 g/mol. The molecule has 1 aromatic heterocycles. The second-order valence-electron chi connectivity index (χ2n) is 6.71. The van der Waals surface area contributed by atoms with Crippen LogP contribution in [0.15, 0.2) is 66.5 Å². The van der Waals surface area contributed by atoms with Gasteiger partial charge in [-0.1, -0.05) is 25.8 Å². The third-order valence-corrected chi connectivity index (χ3v) is 5.12. The van der Waals surface area contributed by atoms with Crippen molar-refractivity contribution >= 4 is 28.4 Å². The molecule has 2 rings (SSSR count). The van der Waals surface area contributed by atoms with E-state index in [-0.39, 0.29) is 6.04 Å². The summed E-state index contributed by atoms with van der Waals surface area (Å²) in [5.41, 5.74) is 10.5. The zero-order chi connectivity index (χ0) is 19.8. The zero-order valence-electron chi connectivity index (χ0n) is 16.3. The smallest absolute Gasteiger partial charge is 0.0837 e. The van der Waals surface area contributed by atoms with Crippen LogP contribution in [0.5, 0.6) is 0 Å². The zero-order valence-corrected chi connectivity index (χ0v) is 17.2. The van der Waals surface area contributed by atoms with Crippen molar-refractivity contribution in [2.75, 3.05) is 12.8 Å². The molecule has 4 N–H and O–H groups in total. The molecule has 0 bridgehead atoms. The maximum Gasteiger partial charge on any atom is 0.0837 e. The molecule has 4 nitrogen and oxygen atoms in total. The Morgan fingerprint density at radius 3 is 2.70 bits per heavy atom. The van der Waals surface area contributed by atoms with Crippen molar-refractivity contribution in [1.82, 2.24) is 15.6 Å². The van der Waals surface area contributed by atoms with Crippen LogP contribution in [0, 0.1) is 0 Å². The lowest BCUT2D eigenvalue weighted by Crippen LogP contribution is -2.32. The van der Waals surface area contributed by atoms with E-state index in [4.69, 9.17) is 5.73 Å². The third kappa shape index (κ3) is 6.07. The van der Waals surface area contributed by atoms with Gasteiger partial charge in [0, 0.05) is 40.1 Å². The summed E-state index contributed by atoms with van der Waals surface area (Å²) < 4.78 is 0. The molecule has 0 amide bonds. The van der Waals surface area contributed by atoms with Gasteiger partial charge >= 0.3 is 0 Å². The quantitative estimate of drug-likeness (QED) is 0.390. The number of fused-ring (bicyclic) bond motifs is 1. The van der Waals surface area contributed by atoms with Crippen LogP contribution in [-0.2, 0) is 0 Å². The summed E-state index contributed by atoms with van der Waals surface area (Å²) in [6.07, 6.45) is 6.92. The van der Waals surface area contributed by atoms with Crippen molar-refractivity contribution in [2.45, 2.75) is 37.1 Å². The number of unbranched alkanes of at least 4 members (excludes halogenated alkanes) is 1. The SMILES string of the molecule is C=C(C)NC(CCCCNC(=C)c1cc(SC)c2ncccc2c1)C(=C)N. The second kappa shape index (κ2) is 10.1. The number of hydrogen-bond donors (Lipinski definition) is 3. The molecule has 2 aromatic rings. The predicted molar refractivity (Wildman–Crippen MR) is 119 cm³/mol. The minimum absolute atomic E-state index is 0.0860. The van der Waals surface area contributed by atoms with Crippen LogP contribution < -0.4 is 16.4 Å². The lowest BCUT2D eigenvalue weighted by atomic mass is 10.1. The van der Waals surface area contributed by atoms with Crippen LogP contribution in [0.25, 0.3) is 16.6 Å². The first-order chi connectivity index (χ1) is 12.9. The van der Waals surface area contributed by atoms with Crippen LogP contribution in [0.1, 0.15) is 31.7 Å². The van der Waals surface area contributed by atoms with Crippen LogP contribution in [0.4, 0.5) is 0 Å². The molecular weight excluding hydrogens is 352 g/mol. The van der Waals surface area contributed by atoms with Gasteiger partial charge in [-0.15, -0.1) is 11.8 Å². The molecule has 1 heterocycles. The Bertz CT molecular complexity index is 828. The average Bonchev–Trinajstić information content (AvgIpc) is 2.65. The highest BCUT2D eigenvalue weighted by atomic mass is 32.2. The fourth-order valence-corrected chi connectivity index (χ4v) is 3.56. The van der Waals surface area contributed by atoms with E-state index in [9.17, 15) is 0 Å². The lowest BCUT2D eigenvalue weighted by molar-refractivity contribution is 0.543.